The van der Waals surface area contributed by atoms with Gasteiger partial charge in [-0.3, -0.25) is 9.59 Å². The third-order valence-corrected chi connectivity index (χ3v) is 7.94. The summed E-state index contributed by atoms with van der Waals surface area (Å²) in [6, 6.07) is 5.41. The number of sulfonamides is 1. The van der Waals surface area contributed by atoms with E-state index in [0.717, 1.165) is 31.2 Å². The first-order valence-electron chi connectivity index (χ1n) is 9.92. The van der Waals surface area contributed by atoms with Crippen molar-refractivity contribution in [1.82, 2.24) is 9.21 Å². The first-order chi connectivity index (χ1) is 13.4. The van der Waals surface area contributed by atoms with Crippen LogP contribution in [0.15, 0.2) is 23.1 Å². The second kappa shape index (κ2) is 7.48. The van der Waals surface area contributed by atoms with Gasteiger partial charge in [-0.15, -0.1) is 0 Å². The maximum atomic E-state index is 12.9. The molecule has 8 heteroatoms. The average Bonchev–Trinajstić information content (AvgIpc) is 3.24. The highest BCUT2D eigenvalue weighted by Gasteiger charge is 2.41. The monoisotopic (exact) mass is 406 g/mol. The van der Waals surface area contributed by atoms with E-state index in [0.29, 0.717) is 23.9 Å². The molecule has 3 aliphatic rings. The number of fused-ring (bicyclic) bond motifs is 1. The number of carbonyl (C=O) groups is 2. The molecule has 0 aromatic heterocycles. The second-order valence-corrected chi connectivity index (χ2v) is 9.93. The van der Waals surface area contributed by atoms with Crippen molar-refractivity contribution in [3.63, 3.8) is 0 Å². The number of aryl methyl sites for hydroxylation is 2. The van der Waals surface area contributed by atoms with Crippen molar-refractivity contribution >= 4 is 21.9 Å². The van der Waals surface area contributed by atoms with Crippen LogP contribution < -0.4 is 0 Å². The van der Waals surface area contributed by atoms with Crippen LogP contribution in [0.1, 0.15) is 30.9 Å². The summed E-state index contributed by atoms with van der Waals surface area (Å²) in [7, 11) is -3.56. The molecule has 2 atom stereocenters. The largest absolute Gasteiger partial charge is 0.455 e. The van der Waals surface area contributed by atoms with Crippen LogP contribution in [-0.2, 0) is 37.2 Å². The molecular weight excluding hydrogens is 380 g/mol. The molecule has 0 spiro atoms. The Morgan fingerprint density at radius 1 is 1.11 bits per heavy atom. The molecule has 0 N–H and O–H groups in total. The van der Waals surface area contributed by atoms with E-state index in [1.807, 2.05) is 13.0 Å². The van der Waals surface area contributed by atoms with Crippen molar-refractivity contribution in [2.24, 2.45) is 11.8 Å². The number of rotatable bonds is 5. The Morgan fingerprint density at radius 3 is 2.46 bits per heavy atom. The first kappa shape index (κ1) is 19.4. The molecule has 7 nitrogen and oxygen atoms in total. The summed E-state index contributed by atoms with van der Waals surface area (Å²) in [5, 5.41) is 0. The molecule has 1 amide bonds. The zero-order valence-electron chi connectivity index (χ0n) is 16.1. The van der Waals surface area contributed by atoms with Gasteiger partial charge in [-0.05, 0) is 54.9 Å². The summed E-state index contributed by atoms with van der Waals surface area (Å²) in [6.07, 6.45) is 3.84. The number of piperazine rings is 1. The van der Waals surface area contributed by atoms with Crippen molar-refractivity contribution < 1.29 is 22.7 Å². The van der Waals surface area contributed by atoms with Crippen molar-refractivity contribution in [2.45, 2.75) is 37.5 Å². The Morgan fingerprint density at radius 2 is 1.79 bits per heavy atom. The fourth-order valence-electron chi connectivity index (χ4n) is 4.02. The fourth-order valence-corrected chi connectivity index (χ4v) is 5.49. The highest BCUT2D eigenvalue weighted by Crippen LogP contribution is 2.38. The molecule has 2 aliphatic carbocycles. The highest BCUT2D eigenvalue weighted by atomic mass is 32.2. The van der Waals surface area contributed by atoms with Crippen molar-refractivity contribution in [2.75, 3.05) is 32.8 Å². The van der Waals surface area contributed by atoms with Crippen molar-refractivity contribution in [3.8, 4) is 0 Å². The summed E-state index contributed by atoms with van der Waals surface area (Å²) < 4.78 is 32.4. The molecule has 1 saturated carbocycles. The van der Waals surface area contributed by atoms with Gasteiger partial charge in [0.1, 0.15) is 0 Å². The van der Waals surface area contributed by atoms with Crippen molar-refractivity contribution in [1.29, 1.82) is 0 Å². The van der Waals surface area contributed by atoms with E-state index < -0.39 is 10.0 Å². The van der Waals surface area contributed by atoms with E-state index in [-0.39, 0.29) is 37.5 Å². The lowest BCUT2D eigenvalue weighted by Crippen LogP contribution is -2.51. The summed E-state index contributed by atoms with van der Waals surface area (Å²) in [5.41, 5.74) is 2.37. The molecule has 0 radical (unpaired) electrons. The van der Waals surface area contributed by atoms with E-state index in [1.54, 1.807) is 17.0 Å². The molecule has 152 valence electrons. The predicted octanol–water partition coefficient (Wildman–Crippen LogP) is 1.21. The summed E-state index contributed by atoms with van der Waals surface area (Å²) >= 11 is 0. The van der Waals surface area contributed by atoms with Crippen molar-refractivity contribution in [3.05, 3.63) is 29.3 Å². The number of hydrogen-bond acceptors (Lipinski definition) is 5. The number of carbonyl (C=O) groups excluding carboxylic acids is 2. The third kappa shape index (κ3) is 3.80. The Bertz CT molecular complexity index is 890. The van der Waals surface area contributed by atoms with E-state index in [9.17, 15) is 18.0 Å². The molecule has 0 unspecified atom stereocenters. The number of ether oxygens (including phenoxy) is 1. The normalized spacial score (nSPS) is 24.7. The molecule has 1 aromatic rings. The molecule has 1 aliphatic heterocycles. The number of nitrogens with zero attached hydrogens (tertiary/aromatic N) is 2. The standard InChI is InChI=1S/C20H26N2O5S/c1-14-11-18(14)20(24)27-13-19(23)21-7-9-22(10-8-21)28(25,26)17-6-5-15-3-2-4-16(15)12-17/h5-6,12,14,18H,2-4,7-11,13H2,1H3/t14-,18-/m0/s1. The van der Waals surface area contributed by atoms with Crippen LogP contribution in [0.2, 0.25) is 0 Å². The lowest BCUT2D eigenvalue weighted by molar-refractivity contribution is -0.153. The van der Waals surface area contributed by atoms with E-state index >= 15 is 0 Å². The van der Waals surface area contributed by atoms with Gasteiger partial charge in [-0.2, -0.15) is 4.31 Å². The van der Waals surface area contributed by atoms with Gasteiger partial charge in [0.25, 0.3) is 5.91 Å². The van der Waals surface area contributed by atoms with Crippen LogP contribution in [-0.4, -0.2) is 62.3 Å². The molecule has 4 rings (SSSR count). The average molecular weight is 407 g/mol. The maximum absolute atomic E-state index is 12.9. The Labute approximate surface area is 165 Å². The SMILES string of the molecule is C[C@H]1C[C@@H]1C(=O)OCC(=O)N1CCN(S(=O)(=O)c2ccc3c(c2)CCC3)CC1. The highest BCUT2D eigenvalue weighted by molar-refractivity contribution is 7.89. The third-order valence-electron chi connectivity index (χ3n) is 6.05. The second-order valence-electron chi connectivity index (χ2n) is 8.00. The Balaban J connectivity index is 1.32. The molecular formula is C20H26N2O5S. The minimum Gasteiger partial charge on any atom is -0.455 e. The van der Waals surface area contributed by atoms with E-state index in [1.165, 1.54) is 9.87 Å². The topological polar surface area (TPSA) is 84.0 Å². The van der Waals surface area contributed by atoms with Crippen LogP contribution >= 0.6 is 0 Å². The number of hydrogen-bond donors (Lipinski definition) is 0. The summed E-state index contributed by atoms with van der Waals surface area (Å²) in [4.78, 5) is 25.9. The van der Waals surface area contributed by atoms with E-state index in [2.05, 4.69) is 0 Å². The van der Waals surface area contributed by atoms with Gasteiger partial charge in [0, 0.05) is 26.2 Å². The van der Waals surface area contributed by atoms with Crippen LogP contribution in [0.3, 0.4) is 0 Å². The number of amides is 1. The molecule has 0 bridgehead atoms. The minimum atomic E-state index is -3.56. The lowest BCUT2D eigenvalue weighted by Gasteiger charge is -2.34. The molecule has 2 fully saturated rings. The first-order valence-corrected chi connectivity index (χ1v) is 11.4. The zero-order valence-corrected chi connectivity index (χ0v) is 16.9. The Hall–Kier alpha value is -1.93. The fraction of sp³-hybridized carbons (Fsp3) is 0.600. The van der Waals surface area contributed by atoms with Crippen LogP contribution in [0.5, 0.6) is 0 Å². The predicted molar refractivity (Wildman–Crippen MR) is 102 cm³/mol. The van der Waals surface area contributed by atoms with Gasteiger partial charge >= 0.3 is 5.97 Å². The summed E-state index contributed by atoms with van der Waals surface area (Å²) in [5.74, 6) is -0.299. The van der Waals surface area contributed by atoms with Gasteiger partial charge < -0.3 is 9.64 Å². The molecule has 1 saturated heterocycles. The molecule has 1 aromatic carbocycles. The lowest BCUT2D eigenvalue weighted by atomic mass is 10.1. The zero-order chi connectivity index (χ0) is 19.9. The van der Waals surface area contributed by atoms with E-state index in [4.69, 9.17) is 4.74 Å². The van der Waals surface area contributed by atoms with Crippen LogP contribution in [0.4, 0.5) is 0 Å². The quantitative estimate of drug-likeness (QED) is 0.687. The smallest absolute Gasteiger partial charge is 0.309 e. The Kier molecular flexibility index (Phi) is 5.18. The summed E-state index contributed by atoms with van der Waals surface area (Å²) in [6.45, 7) is 2.83. The van der Waals surface area contributed by atoms with Gasteiger partial charge in [-0.25, -0.2) is 8.42 Å². The molecule has 1 heterocycles. The van der Waals surface area contributed by atoms with Gasteiger partial charge in [0.15, 0.2) is 6.61 Å². The van der Waals surface area contributed by atoms with Gasteiger partial charge in [0.2, 0.25) is 10.0 Å². The minimum absolute atomic E-state index is 0.0675. The van der Waals surface area contributed by atoms with Gasteiger partial charge in [0.05, 0.1) is 10.8 Å². The van der Waals surface area contributed by atoms with Crippen LogP contribution in [0, 0.1) is 11.8 Å². The molecule has 28 heavy (non-hydrogen) atoms. The van der Waals surface area contributed by atoms with Crippen LogP contribution in [0.25, 0.3) is 0 Å². The number of benzene rings is 1. The van der Waals surface area contributed by atoms with Gasteiger partial charge in [-0.1, -0.05) is 13.0 Å². The number of esters is 1. The maximum Gasteiger partial charge on any atom is 0.309 e.